The number of likely N-dealkylation sites (tertiary alicyclic amines) is 1. The van der Waals surface area contributed by atoms with Crippen LogP contribution in [0.4, 0.5) is 0 Å². The molecule has 1 aromatic carbocycles. The molecule has 1 aliphatic heterocycles. The Balaban J connectivity index is 1.72. The van der Waals surface area contributed by atoms with Crippen LogP contribution in [0.2, 0.25) is 0 Å². The number of methoxy groups -OCH3 is 1. The number of carbonyl (C=O) groups excluding carboxylic acids is 1. The molecular weight excluding hydrogens is 262 g/mol. The summed E-state index contributed by atoms with van der Waals surface area (Å²) in [6.45, 7) is 6.02. The van der Waals surface area contributed by atoms with Crippen molar-refractivity contribution >= 4 is 5.91 Å². The summed E-state index contributed by atoms with van der Waals surface area (Å²) < 4.78 is 5.30. The Kier molecular flexibility index (Phi) is 5.80. The molecule has 0 radical (unpaired) electrons. The second kappa shape index (κ2) is 7.60. The van der Waals surface area contributed by atoms with Gasteiger partial charge in [0.1, 0.15) is 0 Å². The van der Waals surface area contributed by atoms with E-state index in [1.165, 1.54) is 11.1 Å². The van der Waals surface area contributed by atoms with E-state index in [1.807, 2.05) is 4.90 Å². The van der Waals surface area contributed by atoms with Gasteiger partial charge in [0, 0.05) is 26.6 Å². The second-order valence-electron chi connectivity index (χ2n) is 6.24. The van der Waals surface area contributed by atoms with E-state index in [1.54, 1.807) is 7.11 Å². The lowest BCUT2D eigenvalue weighted by Gasteiger charge is -2.16. The van der Waals surface area contributed by atoms with Crippen molar-refractivity contribution in [3.63, 3.8) is 0 Å². The summed E-state index contributed by atoms with van der Waals surface area (Å²) in [6, 6.07) is 8.78. The monoisotopic (exact) mass is 289 g/mol. The third-order valence-corrected chi connectivity index (χ3v) is 4.33. The lowest BCUT2D eigenvalue weighted by Crippen LogP contribution is -2.29. The van der Waals surface area contributed by atoms with Crippen LogP contribution in [0.5, 0.6) is 0 Å². The van der Waals surface area contributed by atoms with E-state index in [0.29, 0.717) is 12.3 Å². The summed E-state index contributed by atoms with van der Waals surface area (Å²) in [5, 5.41) is 0. The first-order valence-electron chi connectivity index (χ1n) is 7.99. The Labute approximate surface area is 128 Å². The fourth-order valence-corrected chi connectivity index (χ4v) is 2.82. The molecule has 0 N–H and O–H groups in total. The first-order valence-corrected chi connectivity index (χ1v) is 7.99. The SMILES string of the molecule is CO[C@H]1CCN(C(=O)CCCc2ccc(C(C)C)cc2)C1. The van der Waals surface area contributed by atoms with E-state index in [0.717, 1.165) is 32.4 Å². The number of benzene rings is 1. The molecule has 1 aliphatic rings. The van der Waals surface area contributed by atoms with Gasteiger partial charge in [0.05, 0.1) is 6.10 Å². The highest BCUT2D eigenvalue weighted by Gasteiger charge is 2.25. The zero-order chi connectivity index (χ0) is 15.2. The highest BCUT2D eigenvalue weighted by molar-refractivity contribution is 5.76. The van der Waals surface area contributed by atoms with Gasteiger partial charge in [-0.15, -0.1) is 0 Å². The molecule has 3 nitrogen and oxygen atoms in total. The van der Waals surface area contributed by atoms with Crippen LogP contribution in [0.3, 0.4) is 0 Å². The van der Waals surface area contributed by atoms with Crippen molar-refractivity contribution in [1.29, 1.82) is 0 Å². The Morgan fingerprint density at radius 3 is 2.62 bits per heavy atom. The average Bonchev–Trinajstić information content (AvgIpc) is 2.96. The molecule has 116 valence electrons. The normalized spacial score (nSPS) is 18.5. The number of nitrogens with zero attached hydrogens (tertiary/aromatic N) is 1. The van der Waals surface area contributed by atoms with Crippen LogP contribution in [0.1, 0.15) is 50.2 Å². The highest BCUT2D eigenvalue weighted by atomic mass is 16.5. The molecule has 0 spiro atoms. The maximum absolute atomic E-state index is 12.1. The van der Waals surface area contributed by atoms with Gasteiger partial charge in [-0.1, -0.05) is 38.1 Å². The van der Waals surface area contributed by atoms with Gasteiger partial charge >= 0.3 is 0 Å². The number of amides is 1. The molecule has 1 heterocycles. The van der Waals surface area contributed by atoms with Gasteiger partial charge in [0.25, 0.3) is 0 Å². The Hall–Kier alpha value is -1.35. The van der Waals surface area contributed by atoms with Crippen molar-refractivity contribution in [2.75, 3.05) is 20.2 Å². The Morgan fingerprint density at radius 2 is 2.05 bits per heavy atom. The molecule has 0 unspecified atom stereocenters. The number of hydrogen-bond acceptors (Lipinski definition) is 2. The minimum absolute atomic E-state index is 0.234. The first kappa shape index (κ1) is 16.0. The van der Waals surface area contributed by atoms with E-state index in [9.17, 15) is 4.79 Å². The summed E-state index contributed by atoms with van der Waals surface area (Å²) in [4.78, 5) is 14.1. The molecule has 0 aromatic heterocycles. The smallest absolute Gasteiger partial charge is 0.222 e. The van der Waals surface area contributed by atoms with E-state index in [4.69, 9.17) is 4.74 Å². The molecule has 2 rings (SSSR count). The molecule has 0 aliphatic carbocycles. The molecule has 0 bridgehead atoms. The quantitative estimate of drug-likeness (QED) is 0.803. The molecule has 3 heteroatoms. The summed E-state index contributed by atoms with van der Waals surface area (Å²) >= 11 is 0. The largest absolute Gasteiger partial charge is 0.380 e. The van der Waals surface area contributed by atoms with Crippen LogP contribution in [0.25, 0.3) is 0 Å². The van der Waals surface area contributed by atoms with Gasteiger partial charge in [-0.3, -0.25) is 4.79 Å². The van der Waals surface area contributed by atoms with Gasteiger partial charge in [0.2, 0.25) is 5.91 Å². The van der Waals surface area contributed by atoms with Gasteiger partial charge in [0.15, 0.2) is 0 Å². The van der Waals surface area contributed by atoms with Crippen molar-refractivity contribution in [2.24, 2.45) is 0 Å². The van der Waals surface area contributed by atoms with Crippen LogP contribution in [0, 0.1) is 0 Å². The zero-order valence-corrected chi connectivity index (χ0v) is 13.5. The minimum atomic E-state index is 0.234. The fourth-order valence-electron chi connectivity index (χ4n) is 2.82. The van der Waals surface area contributed by atoms with Gasteiger partial charge in [-0.25, -0.2) is 0 Å². The van der Waals surface area contributed by atoms with Crippen LogP contribution in [-0.4, -0.2) is 37.1 Å². The minimum Gasteiger partial charge on any atom is -0.380 e. The highest BCUT2D eigenvalue weighted by Crippen LogP contribution is 2.17. The van der Waals surface area contributed by atoms with E-state index >= 15 is 0 Å². The zero-order valence-electron chi connectivity index (χ0n) is 13.5. The summed E-state index contributed by atoms with van der Waals surface area (Å²) in [7, 11) is 1.72. The molecule has 21 heavy (non-hydrogen) atoms. The van der Waals surface area contributed by atoms with Gasteiger partial charge in [-0.2, -0.15) is 0 Å². The topological polar surface area (TPSA) is 29.5 Å². The second-order valence-corrected chi connectivity index (χ2v) is 6.24. The predicted molar refractivity (Wildman–Crippen MR) is 85.5 cm³/mol. The van der Waals surface area contributed by atoms with Crippen LogP contribution in [0.15, 0.2) is 24.3 Å². The molecule has 1 amide bonds. The first-order chi connectivity index (χ1) is 10.1. The maximum Gasteiger partial charge on any atom is 0.222 e. The summed E-state index contributed by atoms with van der Waals surface area (Å²) in [6.07, 6.45) is 3.75. The molecule has 1 atom stereocenters. The van der Waals surface area contributed by atoms with Crippen molar-refractivity contribution in [2.45, 2.75) is 51.6 Å². The van der Waals surface area contributed by atoms with Crippen molar-refractivity contribution in [1.82, 2.24) is 4.90 Å². The third-order valence-electron chi connectivity index (χ3n) is 4.33. The molecule has 1 aromatic rings. The van der Waals surface area contributed by atoms with Crippen LogP contribution < -0.4 is 0 Å². The van der Waals surface area contributed by atoms with E-state index < -0.39 is 0 Å². The van der Waals surface area contributed by atoms with Gasteiger partial charge < -0.3 is 9.64 Å². The maximum atomic E-state index is 12.1. The summed E-state index contributed by atoms with van der Waals surface area (Å²) in [5.41, 5.74) is 2.70. The van der Waals surface area contributed by atoms with E-state index in [-0.39, 0.29) is 12.0 Å². The number of carbonyl (C=O) groups is 1. The number of rotatable bonds is 6. The number of aryl methyl sites for hydroxylation is 1. The molecule has 1 saturated heterocycles. The third kappa shape index (κ3) is 4.57. The van der Waals surface area contributed by atoms with Crippen LogP contribution in [-0.2, 0) is 16.0 Å². The predicted octanol–water partition coefficient (Wildman–Crippen LogP) is 3.38. The Bertz CT molecular complexity index is 453. The molecule has 1 fully saturated rings. The average molecular weight is 289 g/mol. The van der Waals surface area contributed by atoms with Crippen LogP contribution >= 0.6 is 0 Å². The number of ether oxygens (including phenoxy) is 1. The lowest BCUT2D eigenvalue weighted by molar-refractivity contribution is -0.130. The molecular formula is C18H27NO2. The van der Waals surface area contributed by atoms with Gasteiger partial charge in [-0.05, 0) is 36.3 Å². The summed E-state index contributed by atoms with van der Waals surface area (Å²) in [5.74, 6) is 0.845. The fraction of sp³-hybridized carbons (Fsp3) is 0.611. The van der Waals surface area contributed by atoms with E-state index in [2.05, 4.69) is 38.1 Å². The van der Waals surface area contributed by atoms with Crippen molar-refractivity contribution in [3.05, 3.63) is 35.4 Å². The van der Waals surface area contributed by atoms with Crippen molar-refractivity contribution < 1.29 is 9.53 Å². The Morgan fingerprint density at radius 1 is 1.33 bits per heavy atom. The lowest BCUT2D eigenvalue weighted by atomic mass is 10.00. The standard InChI is InChI=1S/C18H27NO2/c1-14(2)16-9-7-15(8-10-16)5-4-6-18(20)19-12-11-17(13-19)21-3/h7-10,14,17H,4-6,11-13H2,1-3H3/t17-/m0/s1. The molecule has 0 saturated carbocycles. The number of hydrogen-bond donors (Lipinski definition) is 0. The van der Waals surface area contributed by atoms with Crippen molar-refractivity contribution in [3.8, 4) is 0 Å².